The molecule has 1 unspecified atom stereocenters. The highest BCUT2D eigenvalue weighted by atomic mass is 79.9. The van der Waals surface area contributed by atoms with Gasteiger partial charge in [0.2, 0.25) is 0 Å². The highest BCUT2D eigenvalue weighted by Gasteiger charge is 2.32. The highest BCUT2D eigenvalue weighted by Crippen LogP contribution is 2.40. The van der Waals surface area contributed by atoms with Gasteiger partial charge < -0.3 is 0 Å². The van der Waals surface area contributed by atoms with Crippen LogP contribution in [0.5, 0.6) is 0 Å². The van der Waals surface area contributed by atoms with Gasteiger partial charge in [-0.1, -0.05) is 70.0 Å². The van der Waals surface area contributed by atoms with E-state index in [1.165, 1.54) is 6.07 Å². The van der Waals surface area contributed by atoms with Gasteiger partial charge in [-0.15, -0.1) is 0 Å². The zero-order valence-corrected chi connectivity index (χ0v) is 16.1. The van der Waals surface area contributed by atoms with Crippen LogP contribution in [0.2, 0.25) is 5.02 Å². The van der Waals surface area contributed by atoms with Crippen molar-refractivity contribution < 1.29 is 4.39 Å². The molecule has 0 aromatic heterocycles. The fourth-order valence-corrected chi connectivity index (χ4v) is 3.70. The van der Waals surface area contributed by atoms with Crippen molar-refractivity contribution in [2.75, 3.05) is 5.01 Å². The highest BCUT2D eigenvalue weighted by molar-refractivity contribution is 9.10. The molecule has 26 heavy (non-hydrogen) atoms. The van der Waals surface area contributed by atoms with E-state index in [0.29, 0.717) is 17.1 Å². The van der Waals surface area contributed by atoms with Crippen molar-refractivity contribution in [1.82, 2.24) is 0 Å². The topological polar surface area (TPSA) is 15.6 Å². The summed E-state index contributed by atoms with van der Waals surface area (Å²) in [6.45, 7) is 0. The van der Waals surface area contributed by atoms with E-state index in [-0.39, 0.29) is 11.9 Å². The lowest BCUT2D eigenvalue weighted by Crippen LogP contribution is -2.19. The molecule has 1 atom stereocenters. The van der Waals surface area contributed by atoms with Crippen molar-refractivity contribution in [2.45, 2.75) is 12.5 Å². The molecule has 1 heterocycles. The summed E-state index contributed by atoms with van der Waals surface area (Å²) in [6.07, 6.45) is 0.652. The molecule has 0 fully saturated rings. The van der Waals surface area contributed by atoms with E-state index >= 15 is 0 Å². The minimum atomic E-state index is -0.301. The first-order valence-corrected chi connectivity index (χ1v) is 9.42. The second-order valence-electron chi connectivity index (χ2n) is 6.09. The van der Waals surface area contributed by atoms with Crippen LogP contribution in [-0.2, 0) is 0 Å². The van der Waals surface area contributed by atoms with Gasteiger partial charge in [-0.05, 0) is 41.5 Å². The van der Waals surface area contributed by atoms with Crippen LogP contribution in [0.3, 0.4) is 0 Å². The normalized spacial score (nSPS) is 16.7. The standard InChI is InChI=1S/C21H15BrClFN2/c22-15-11-9-14(10-12-15)19-13-21(16-5-1-2-6-17(16)23)26(25-19)20-8-4-3-7-18(20)24/h1-12,21H,13H2. The molecule has 0 saturated heterocycles. The number of benzene rings is 3. The molecular weight excluding hydrogens is 415 g/mol. The van der Waals surface area contributed by atoms with Crippen molar-refractivity contribution in [1.29, 1.82) is 0 Å². The Balaban J connectivity index is 1.80. The van der Waals surface area contributed by atoms with Gasteiger partial charge in [-0.3, -0.25) is 5.01 Å². The van der Waals surface area contributed by atoms with E-state index in [1.807, 2.05) is 54.6 Å². The summed E-state index contributed by atoms with van der Waals surface area (Å²) in [7, 11) is 0. The van der Waals surface area contributed by atoms with E-state index in [4.69, 9.17) is 16.7 Å². The van der Waals surface area contributed by atoms with Crippen LogP contribution in [0, 0.1) is 5.82 Å². The quantitative estimate of drug-likeness (QED) is 0.458. The summed E-state index contributed by atoms with van der Waals surface area (Å²) in [5.74, 6) is -0.301. The van der Waals surface area contributed by atoms with Gasteiger partial charge in [0.05, 0.1) is 17.4 Å². The molecule has 0 saturated carbocycles. The van der Waals surface area contributed by atoms with Crippen molar-refractivity contribution in [3.63, 3.8) is 0 Å². The van der Waals surface area contributed by atoms with E-state index in [0.717, 1.165) is 21.3 Å². The van der Waals surface area contributed by atoms with Gasteiger partial charge >= 0.3 is 0 Å². The third-order valence-electron chi connectivity index (χ3n) is 4.45. The van der Waals surface area contributed by atoms with Crippen LogP contribution < -0.4 is 5.01 Å². The predicted octanol–water partition coefficient (Wildman–Crippen LogP) is 6.60. The predicted molar refractivity (Wildman–Crippen MR) is 108 cm³/mol. The summed E-state index contributed by atoms with van der Waals surface area (Å²) >= 11 is 9.89. The molecule has 0 aliphatic carbocycles. The molecular formula is C21H15BrClFN2. The Hall–Kier alpha value is -2.17. The molecule has 0 N–H and O–H groups in total. The lowest BCUT2D eigenvalue weighted by atomic mass is 9.98. The van der Waals surface area contributed by atoms with Crippen LogP contribution in [-0.4, -0.2) is 5.71 Å². The number of halogens is 3. The Labute approximate surface area is 165 Å². The molecule has 3 aromatic rings. The number of rotatable bonds is 3. The summed E-state index contributed by atoms with van der Waals surface area (Å²) < 4.78 is 15.5. The average Bonchev–Trinajstić information content (AvgIpc) is 3.08. The molecule has 5 heteroatoms. The maximum atomic E-state index is 14.5. The molecule has 3 aromatic carbocycles. The summed E-state index contributed by atoms with van der Waals surface area (Å²) in [5.41, 5.74) is 3.31. The second-order valence-corrected chi connectivity index (χ2v) is 7.41. The minimum Gasteiger partial charge on any atom is -0.254 e. The van der Waals surface area contributed by atoms with E-state index in [9.17, 15) is 4.39 Å². The Morgan fingerprint density at radius 2 is 1.65 bits per heavy atom. The second kappa shape index (κ2) is 7.22. The minimum absolute atomic E-state index is 0.153. The van der Waals surface area contributed by atoms with E-state index in [1.54, 1.807) is 17.1 Å². The first-order valence-electron chi connectivity index (χ1n) is 8.25. The van der Waals surface area contributed by atoms with Crippen LogP contribution >= 0.6 is 27.5 Å². The largest absolute Gasteiger partial charge is 0.254 e. The number of nitrogens with zero attached hydrogens (tertiary/aromatic N) is 2. The Morgan fingerprint density at radius 1 is 0.962 bits per heavy atom. The van der Waals surface area contributed by atoms with Gasteiger partial charge in [-0.25, -0.2) is 4.39 Å². The molecule has 2 nitrogen and oxygen atoms in total. The van der Waals surface area contributed by atoms with Crippen molar-refractivity contribution in [3.05, 3.63) is 99.2 Å². The molecule has 0 radical (unpaired) electrons. The van der Waals surface area contributed by atoms with Gasteiger partial charge in [0.25, 0.3) is 0 Å². The summed E-state index contributed by atoms with van der Waals surface area (Å²) in [6, 6.07) is 22.2. The van der Waals surface area contributed by atoms with Crippen molar-refractivity contribution in [3.8, 4) is 0 Å². The zero-order valence-electron chi connectivity index (χ0n) is 13.7. The molecule has 0 spiro atoms. The van der Waals surface area contributed by atoms with E-state index in [2.05, 4.69) is 15.9 Å². The number of hydrazone groups is 1. The number of para-hydroxylation sites is 1. The molecule has 1 aliphatic rings. The lowest BCUT2D eigenvalue weighted by molar-refractivity contribution is 0.606. The molecule has 0 bridgehead atoms. The maximum absolute atomic E-state index is 14.5. The number of hydrogen-bond donors (Lipinski definition) is 0. The third kappa shape index (κ3) is 3.27. The molecule has 0 amide bonds. The van der Waals surface area contributed by atoms with Gasteiger partial charge in [0.1, 0.15) is 5.82 Å². The van der Waals surface area contributed by atoms with Crippen LogP contribution in [0.4, 0.5) is 10.1 Å². The first-order chi connectivity index (χ1) is 12.6. The van der Waals surface area contributed by atoms with Crippen LogP contribution in [0.25, 0.3) is 0 Å². The number of hydrogen-bond acceptors (Lipinski definition) is 2. The van der Waals surface area contributed by atoms with E-state index < -0.39 is 0 Å². The monoisotopic (exact) mass is 428 g/mol. The first kappa shape index (κ1) is 17.3. The van der Waals surface area contributed by atoms with Crippen molar-refractivity contribution in [2.24, 2.45) is 5.10 Å². The zero-order chi connectivity index (χ0) is 18.1. The summed E-state index contributed by atoms with van der Waals surface area (Å²) in [5, 5.41) is 7.16. The van der Waals surface area contributed by atoms with Gasteiger partial charge in [0, 0.05) is 15.9 Å². The maximum Gasteiger partial charge on any atom is 0.148 e. The smallest absolute Gasteiger partial charge is 0.148 e. The van der Waals surface area contributed by atoms with Crippen LogP contribution in [0.15, 0.2) is 82.4 Å². The number of anilines is 1. The fraction of sp³-hybridized carbons (Fsp3) is 0.0952. The summed E-state index contributed by atoms with van der Waals surface area (Å²) in [4.78, 5) is 0. The molecule has 4 rings (SSSR count). The Bertz CT molecular complexity index is 972. The molecule has 130 valence electrons. The van der Waals surface area contributed by atoms with Gasteiger partial charge in [-0.2, -0.15) is 5.10 Å². The fourth-order valence-electron chi connectivity index (χ4n) is 3.17. The Morgan fingerprint density at radius 3 is 2.38 bits per heavy atom. The third-order valence-corrected chi connectivity index (χ3v) is 5.32. The van der Waals surface area contributed by atoms with Gasteiger partial charge in [0.15, 0.2) is 0 Å². The van der Waals surface area contributed by atoms with Crippen molar-refractivity contribution >= 4 is 38.9 Å². The molecule has 1 aliphatic heterocycles. The average molecular weight is 430 g/mol. The lowest BCUT2D eigenvalue weighted by Gasteiger charge is -2.25. The SMILES string of the molecule is Fc1ccccc1N1N=C(c2ccc(Br)cc2)CC1c1ccccc1Cl. The van der Waals surface area contributed by atoms with Crippen LogP contribution in [0.1, 0.15) is 23.6 Å². The Kier molecular flexibility index (Phi) is 4.79.